The lowest BCUT2D eigenvalue weighted by Gasteiger charge is -2.27. The number of likely N-dealkylation sites (tertiary alicyclic amines) is 1. The van der Waals surface area contributed by atoms with Crippen LogP contribution in [-0.4, -0.2) is 34.6 Å². The maximum atomic E-state index is 12.3. The Morgan fingerprint density at radius 3 is 2.69 bits per heavy atom. The van der Waals surface area contributed by atoms with E-state index < -0.39 is 5.60 Å². The van der Waals surface area contributed by atoms with Gasteiger partial charge in [0.2, 0.25) is 5.91 Å². The van der Waals surface area contributed by atoms with Crippen molar-refractivity contribution in [2.75, 3.05) is 13.1 Å². The van der Waals surface area contributed by atoms with Gasteiger partial charge in [0.25, 0.3) is 0 Å². The van der Waals surface area contributed by atoms with E-state index >= 15 is 0 Å². The first-order chi connectivity index (χ1) is 7.55. The van der Waals surface area contributed by atoms with Crippen molar-refractivity contribution in [3.63, 3.8) is 0 Å². The molecule has 16 heavy (non-hydrogen) atoms. The smallest absolute Gasteiger partial charge is 0.226 e. The summed E-state index contributed by atoms with van der Waals surface area (Å²) in [6.07, 6.45) is 5.72. The van der Waals surface area contributed by atoms with E-state index in [9.17, 15) is 9.90 Å². The number of aliphatic hydroxyl groups is 1. The number of nitrogens with zero attached hydrogens (tertiary/aromatic N) is 1. The maximum Gasteiger partial charge on any atom is 0.226 e. The highest BCUT2D eigenvalue weighted by Crippen LogP contribution is 2.49. The molecule has 0 aromatic carbocycles. The van der Waals surface area contributed by atoms with Crippen molar-refractivity contribution in [3.8, 4) is 0 Å². The summed E-state index contributed by atoms with van der Waals surface area (Å²) in [5, 5.41) is 9.89. The molecular formula is C13H21NO2. The molecule has 0 spiro atoms. The lowest BCUT2D eigenvalue weighted by atomic mass is 9.88. The third kappa shape index (κ3) is 1.65. The number of fused-ring (bicyclic) bond motifs is 2. The summed E-state index contributed by atoms with van der Waals surface area (Å²) in [6.45, 7) is 3.13. The van der Waals surface area contributed by atoms with Gasteiger partial charge in [-0.3, -0.25) is 4.79 Å². The van der Waals surface area contributed by atoms with E-state index in [1.807, 2.05) is 11.8 Å². The molecule has 1 aliphatic heterocycles. The van der Waals surface area contributed by atoms with Gasteiger partial charge in [-0.15, -0.1) is 0 Å². The molecule has 1 amide bonds. The van der Waals surface area contributed by atoms with Crippen molar-refractivity contribution in [1.82, 2.24) is 4.90 Å². The molecular weight excluding hydrogens is 202 g/mol. The molecule has 2 bridgehead atoms. The average Bonchev–Trinajstić information content (AvgIpc) is 2.90. The first kappa shape index (κ1) is 10.6. The topological polar surface area (TPSA) is 40.5 Å². The van der Waals surface area contributed by atoms with Crippen molar-refractivity contribution in [3.05, 3.63) is 0 Å². The standard InChI is InChI=1S/C13H21NO2/c1-13(16)4-5-14(8-13)12(15)11-7-9-2-3-10(11)6-9/h9-11,16H,2-8H2,1H3. The molecule has 0 aromatic rings. The molecule has 2 aliphatic carbocycles. The number of hydrogen-bond acceptors (Lipinski definition) is 2. The number of carbonyl (C=O) groups excluding carboxylic acids is 1. The Hall–Kier alpha value is -0.570. The highest BCUT2D eigenvalue weighted by atomic mass is 16.3. The predicted octanol–water partition coefficient (Wildman–Crippen LogP) is 1.41. The van der Waals surface area contributed by atoms with Crippen LogP contribution in [0.5, 0.6) is 0 Å². The average molecular weight is 223 g/mol. The van der Waals surface area contributed by atoms with E-state index in [0.29, 0.717) is 18.4 Å². The van der Waals surface area contributed by atoms with Crippen LogP contribution in [0.1, 0.15) is 39.0 Å². The molecule has 1 saturated heterocycles. The molecule has 3 nitrogen and oxygen atoms in total. The summed E-state index contributed by atoms with van der Waals surface area (Å²) < 4.78 is 0. The van der Waals surface area contributed by atoms with E-state index in [-0.39, 0.29) is 5.92 Å². The van der Waals surface area contributed by atoms with Crippen LogP contribution < -0.4 is 0 Å². The summed E-state index contributed by atoms with van der Waals surface area (Å²) in [6, 6.07) is 0. The number of hydrogen-bond donors (Lipinski definition) is 1. The Bertz CT molecular complexity index is 313. The minimum Gasteiger partial charge on any atom is -0.388 e. The quantitative estimate of drug-likeness (QED) is 0.730. The summed E-state index contributed by atoms with van der Waals surface area (Å²) in [5.41, 5.74) is -0.646. The van der Waals surface area contributed by atoms with Gasteiger partial charge in [0.15, 0.2) is 0 Å². The number of carbonyl (C=O) groups is 1. The van der Waals surface area contributed by atoms with Crippen molar-refractivity contribution in [2.24, 2.45) is 17.8 Å². The second-order valence-electron chi connectivity index (χ2n) is 6.29. The van der Waals surface area contributed by atoms with Crippen molar-refractivity contribution >= 4 is 5.91 Å². The molecule has 4 unspecified atom stereocenters. The number of β-amino-alcohol motifs (C(OH)–C–C–N with tert-alkyl or cyclic N) is 1. The molecule has 3 aliphatic rings. The minimum absolute atomic E-state index is 0.285. The molecule has 0 aromatic heterocycles. The number of rotatable bonds is 1. The summed E-state index contributed by atoms with van der Waals surface area (Å²) in [7, 11) is 0. The zero-order valence-corrected chi connectivity index (χ0v) is 9.98. The van der Waals surface area contributed by atoms with Crippen LogP contribution in [0.3, 0.4) is 0 Å². The van der Waals surface area contributed by atoms with Gasteiger partial charge in [0.1, 0.15) is 0 Å². The lowest BCUT2D eigenvalue weighted by Crippen LogP contribution is -2.39. The Labute approximate surface area is 96.8 Å². The highest BCUT2D eigenvalue weighted by Gasteiger charge is 2.46. The van der Waals surface area contributed by atoms with Gasteiger partial charge in [0, 0.05) is 19.0 Å². The Morgan fingerprint density at radius 1 is 1.38 bits per heavy atom. The molecule has 90 valence electrons. The molecule has 1 heterocycles. The maximum absolute atomic E-state index is 12.3. The SMILES string of the molecule is CC1(O)CCN(C(=O)C2CC3CCC2C3)C1. The van der Waals surface area contributed by atoms with E-state index in [0.717, 1.165) is 25.3 Å². The molecule has 2 saturated carbocycles. The van der Waals surface area contributed by atoms with Crippen LogP contribution in [0.15, 0.2) is 0 Å². The fraction of sp³-hybridized carbons (Fsp3) is 0.923. The first-order valence-corrected chi connectivity index (χ1v) is 6.56. The summed E-state index contributed by atoms with van der Waals surface area (Å²) in [4.78, 5) is 14.2. The number of amides is 1. The third-order valence-corrected chi connectivity index (χ3v) is 4.82. The molecule has 4 atom stereocenters. The van der Waals surface area contributed by atoms with Crippen LogP contribution in [0.25, 0.3) is 0 Å². The zero-order valence-electron chi connectivity index (χ0n) is 9.98. The van der Waals surface area contributed by atoms with E-state index in [1.54, 1.807) is 0 Å². The predicted molar refractivity (Wildman–Crippen MR) is 60.8 cm³/mol. The van der Waals surface area contributed by atoms with Crippen LogP contribution in [-0.2, 0) is 4.79 Å². The van der Waals surface area contributed by atoms with Crippen molar-refractivity contribution in [2.45, 2.75) is 44.6 Å². The molecule has 3 fully saturated rings. The second kappa shape index (κ2) is 3.46. The Kier molecular flexibility index (Phi) is 2.29. The van der Waals surface area contributed by atoms with Gasteiger partial charge in [0.05, 0.1) is 5.60 Å². The van der Waals surface area contributed by atoms with Gasteiger partial charge in [-0.05, 0) is 44.4 Å². The van der Waals surface area contributed by atoms with Gasteiger partial charge < -0.3 is 10.0 Å². The summed E-state index contributed by atoms with van der Waals surface area (Å²) in [5.74, 6) is 2.09. The highest BCUT2D eigenvalue weighted by molar-refractivity contribution is 5.80. The fourth-order valence-electron chi connectivity index (χ4n) is 3.91. The second-order valence-corrected chi connectivity index (χ2v) is 6.29. The first-order valence-electron chi connectivity index (χ1n) is 6.56. The normalized spacial score (nSPS) is 46.6. The molecule has 0 radical (unpaired) electrons. The van der Waals surface area contributed by atoms with Gasteiger partial charge in [-0.2, -0.15) is 0 Å². The van der Waals surface area contributed by atoms with Crippen molar-refractivity contribution < 1.29 is 9.90 Å². The van der Waals surface area contributed by atoms with E-state index in [2.05, 4.69) is 0 Å². The van der Waals surface area contributed by atoms with Gasteiger partial charge in [-0.1, -0.05) is 6.42 Å². The van der Waals surface area contributed by atoms with E-state index in [4.69, 9.17) is 0 Å². The van der Waals surface area contributed by atoms with Crippen LogP contribution >= 0.6 is 0 Å². The molecule has 1 N–H and O–H groups in total. The van der Waals surface area contributed by atoms with Crippen molar-refractivity contribution in [1.29, 1.82) is 0 Å². The van der Waals surface area contributed by atoms with Crippen LogP contribution in [0.2, 0.25) is 0 Å². The van der Waals surface area contributed by atoms with Crippen LogP contribution in [0.4, 0.5) is 0 Å². The minimum atomic E-state index is -0.646. The van der Waals surface area contributed by atoms with Gasteiger partial charge >= 0.3 is 0 Å². The molecule has 3 heteroatoms. The van der Waals surface area contributed by atoms with Gasteiger partial charge in [-0.25, -0.2) is 0 Å². The fourth-order valence-corrected chi connectivity index (χ4v) is 3.91. The largest absolute Gasteiger partial charge is 0.388 e. The monoisotopic (exact) mass is 223 g/mol. The van der Waals surface area contributed by atoms with Crippen LogP contribution in [0, 0.1) is 17.8 Å². The van der Waals surface area contributed by atoms with E-state index in [1.165, 1.54) is 19.3 Å². The third-order valence-electron chi connectivity index (χ3n) is 4.82. The summed E-state index contributed by atoms with van der Waals surface area (Å²) >= 11 is 0. The Balaban J connectivity index is 1.66. The lowest BCUT2D eigenvalue weighted by molar-refractivity contribution is -0.137. The zero-order chi connectivity index (χ0) is 11.3. The molecule has 3 rings (SSSR count). The Morgan fingerprint density at radius 2 is 2.19 bits per heavy atom.